The molecule has 2 aliphatic heterocycles. The van der Waals surface area contributed by atoms with Crippen molar-refractivity contribution in [1.82, 2.24) is 15.0 Å². The molecule has 5 rings (SSSR count). The summed E-state index contributed by atoms with van der Waals surface area (Å²) in [6.07, 6.45) is 0. The summed E-state index contributed by atoms with van der Waals surface area (Å²) in [4.78, 5) is 46.8. The molecule has 0 bridgehead atoms. The molecule has 11 nitrogen and oxygen atoms in total. The van der Waals surface area contributed by atoms with E-state index in [0.717, 1.165) is 0 Å². The lowest BCUT2D eigenvalue weighted by atomic mass is 9.82. The number of aromatic amines is 2. The summed E-state index contributed by atoms with van der Waals surface area (Å²) in [5, 5.41) is 2.98. The summed E-state index contributed by atoms with van der Waals surface area (Å²) < 4.78 is 16.0. The Kier molecular flexibility index (Phi) is 4.40. The number of ether oxygens (including phenoxy) is 3. The van der Waals surface area contributed by atoms with Crippen LogP contribution >= 0.6 is 0 Å². The summed E-state index contributed by atoms with van der Waals surface area (Å²) >= 11 is 0. The average molecular weight is 437 g/mol. The van der Waals surface area contributed by atoms with E-state index in [-0.39, 0.29) is 36.0 Å². The zero-order valence-corrected chi connectivity index (χ0v) is 17.2. The maximum atomic E-state index is 12.9. The number of esters is 1. The van der Waals surface area contributed by atoms with Crippen molar-refractivity contribution in [2.45, 2.75) is 19.8 Å². The van der Waals surface area contributed by atoms with E-state index in [0.29, 0.717) is 34.1 Å². The molecular weight excluding hydrogens is 418 g/mol. The summed E-state index contributed by atoms with van der Waals surface area (Å²) in [6, 6.07) is 5.23. The van der Waals surface area contributed by atoms with Crippen LogP contribution in [-0.2, 0) is 4.74 Å². The number of pyridine rings is 1. The summed E-state index contributed by atoms with van der Waals surface area (Å²) in [6.45, 7) is 3.58. The molecule has 0 radical (unpaired) electrons. The number of carbonyl (C=O) groups is 1. The van der Waals surface area contributed by atoms with Crippen molar-refractivity contribution in [1.29, 1.82) is 0 Å². The Balaban J connectivity index is 1.81. The van der Waals surface area contributed by atoms with Crippen LogP contribution in [0, 0.1) is 6.92 Å². The Morgan fingerprint density at radius 2 is 2.00 bits per heavy atom. The van der Waals surface area contributed by atoms with Crippen molar-refractivity contribution < 1.29 is 19.0 Å². The van der Waals surface area contributed by atoms with Gasteiger partial charge in [0, 0.05) is 11.5 Å². The Morgan fingerprint density at radius 3 is 2.78 bits per heavy atom. The van der Waals surface area contributed by atoms with Crippen LogP contribution in [0.3, 0.4) is 0 Å². The van der Waals surface area contributed by atoms with E-state index in [1.165, 1.54) is 0 Å². The van der Waals surface area contributed by atoms with Gasteiger partial charge in [-0.1, -0.05) is 6.07 Å². The number of nitrogen functional groups attached to an aromatic ring is 1. The van der Waals surface area contributed by atoms with E-state index >= 15 is 0 Å². The van der Waals surface area contributed by atoms with Gasteiger partial charge < -0.3 is 25.3 Å². The SMILES string of the molecule is CCOC(=O)c1c(C)nc2c(c1N)C(c1ccc3c(c1)OCO3)c1c([nH]c(=O)[nH]c1=O)N2. The lowest BCUT2D eigenvalue weighted by Gasteiger charge is -2.30. The molecule has 0 spiro atoms. The highest BCUT2D eigenvalue weighted by Gasteiger charge is 2.36. The second kappa shape index (κ2) is 7.15. The highest BCUT2D eigenvalue weighted by Crippen LogP contribution is 2.47. The monoisotopic (exact) mass is 437 g/mol. The van der Waals surface area contributed by atoms with Crippen LogP contribution in [0.5, 0.6) is 11.5 Å². The quantitative estimate of drug-likeness (QED) is 0.348. The van der Waals surface area contributed by atoms with Crippen molar-refractivity contribution in [2.75, 3.05) is 24.5 Å². The number of aromatic nitrogens is 3. The molecule has 11 heteroatoms. The van der Waals surface area contributed by atoms with Crippen LogP contribution < -0.4 is 31.8 Å². The molecule has 5 N–H and O–H groups in total. The van der Waals surface area contributed by atoms with Crippen molar-refractivity contribution in [3.63, 3.8) is 0 Å². The fourth-order valence-corrected chi connectivity index (χ4v) is 4.15. The van der Waals surface area contributed by atoms with Gasteiger partial charge in [-0.3, -0.25) is 14.8 Å². The van der Waals surface area contributed by atoms with Crippen molar-refractivity contribution in [2.24, 2.45) is 0 Å². The highest BCUT2D eigenvalue weighted by atomic mass is 16.7. The van der Waals surface area contributed by atoms with Crippen molar-refractivity contribution in [3.05, 3.63) is 67.0 Å². The van der Waals surface area contributed by atoms with Gasteiger partial charge in [-0.15, -0.1) is 0 Å². The molecule has 0 fully saturated rings. The third kappa shape index (κ3) is 2.89. The fourth-order valence-electron chi connectivity index (χ4n) is 4.15. The van der Waals surface area contributed by atoms with Gasteiger partial charge in [0.05, 0.1) is 23.6 Å². The lowest BCUT2D eigenvalue weighted by Crippen LogP contribution is -2.33. The number of aryl methyl sites for hydroxylation is 1. The molecule has 32 heavy (non-hydrogen) atoms. The maximum Gasteiger partial charge on any atom is 0.342 e. The third-order valence-corrected chi connectivity index (χ3v) is 5.47. The number of nitrogens with one attached hydrogen (secondary N) is 3. The molecule has 4 heterocycles. The minimum atomic E-state index is -0.752. The summed E-state index contributed by atoms with van der Waals surface area (Å²) in [7, 11) is 0. The molecule has 164 valence electrons. The number of nitrogens with two attached hydrogens (primary N) is 1. The van der Waals surface area contributed by atoms with Crippen LogP contribution in [0.1, 0.15) is 45.6 Å². The number of nitrogens with zero attached hydrogens (tertiary/aromatic N) is 1. The standard InChI is InChI=1S/C21H19N5O6/c1-3-30-20(28)12-8(2)23-17-14(16(12)22)13(9-4-5-10-11(6-9)32-7-31-10)15-18(24-17)25-21(29)26-19(15)27/h4-6,13H,3,7H2,1-2H3,(H5,22,23,24,25,26,27,29). The first-order chi connectivity index (χ1) is 15.4. The number of H-pyrrole nitrogens is 2. The van der Waals surface area contributed by atoms with Gasteiger partial charge in [0.25, 0.3) is 5.56 Å². The average Bonchev–Trinajstić information content (AvgIpc) is 3.20. The molecule has 1 atom stereocenters. The molecule has 0 amide bonds. The number of hydrogen-bond acceptors (Lipinski definition) is 9. The van der Waals surface area contributed by atoms with Crippen LogP contribution in [0.2, 0.25) is 0 Å². The minimum Gasteiger partial charge on any atom is -0.462 e. The van der Waals surface area contributed by atoms with E-state index in [2.05, 4.69) is 20.3 Å². The second-order valence-electron chi connectivity index (χ2n) is 7.34. The molecule has 1 aromatic carbocycles. The molecule has 0 saturated carbocycles. The highest BCUT2D eigenvalue weighted by molar-refractivity contribution is 5.99. The molecule has 0 saturated heterocycles. The number of anilines is 3. The zero-order chi connectivity index (χ0) is 22.6. The van der Waals surface area contributed by atoms with E-state index in [1.807, 2.05) is 0 Å². The predicted octanol–water partition coefficient (Wildman–Crippen LogP) is 1.49. The van der Waals surface area contributed by atoms with E-state index in [9.17, 15) is 14.4 Å². The molecule has 3 aromatic rings. The van der Waals surface area contributed by atoms with Gasteiger partial charge >= 0.3 is 11.7 Å². The van der Waals surface area contributed by atoms with Gasteiger partial charge in [-0.05, 0) is 31.5 Å². The van der Waals surface area contributed by atoms with Gasteiger partial charge in [0.1, 0.15) is 17.2 Å². The van der Waals surface area contributed by atoms with E-state index in [1.54, 1.807) is 32.0 Å². The summed E-state index contributed by atoms with van der Waals surface area (Å²) in [5.74, 6) is 0.240. The van der Waals surface area contributed by atoms with Gasteiger partial charge in [0.15, 0.2) is 11.5 Å². The largest absolute Gasteiger partial charge is 0.462 e. The van der Waals surface area contributed by atoms with Crippen LogP contribution in [0.25, 0.3) is 0 Å². The number of carbonyl (C=O) groups excluding carboxylic acids is 1. The summed E-state index contributed by atoms with van der Waals surface area (Å²) in [5.41, 5.74) is 7.14. The topological polar surface area (TPSA) is 161 Å². The smallest absolute Gasteiger partial charge is 0.342 e. The van der Waals surface area contributed by atoms with Gasteiger partial charge in [0.2, 0.25) is 6.79 Å². The minimum absolute atomic E-state index is 0.0853. The lowest BCUT2D eigenvalue weighted by molar-refractivity contribution is 0.0526. The Morgan fingerprint density at radius 1 is 1.22 bits per heavy atom. The van der Waals surface area contributed by atoms with Crippen LogP contribution in [0.15, 0.2) is 27.8 Å². The molecule has 2 aromatic heterocycles. The normalized spacial score (nSPS) is 15.5. The van der Waals surface area contributed by atoms with Crippen molar-refractivity contribution >= 4 is 23.3 Å². The Labute approximate surface area is 180 Å². The molecule has 2 aliphatic rings. The van der Waals surface area contributed by atoms with Gasteiger partial charge in [-0.25, -0.2) is 14.6 Å². The Bertz CT molecular complexity index is 1390. The van der Waals surface area contributed by atoms with E-state index in [4.69, 9.17) is 19.9 Å². The Hall–Kier alpha value is -4.28. The zero-order valence-electron chi connectivity index (χ0n) is 17.2. The predicted molar refractivity (Wildman–Crippen MR) is 114 cm³/mol. The fraction of sp³-hybridized carbons (Fsp3) is 0.238. The number of benzene rings is 1. The first kappa shape index (κ1) is 19.7. The van der Waals surface area contributed by atoms with Crippen LogP contribution in [-0.4, -0.2) is 34.3 Å². The number of rotatable bonds is 3. The van der Waals surface area contributed by atoms with Crippen LogP contribution in [0.4, 0.5) is 17.3 Å². The van der Waals surface area contributed by atoms with Crippen molar-refractivity contribution in [3.8, 4) is 11.5 Å². The van der Waals surface area contributed by atoms with Gasteiger partial charge in [-0.2, -0.15) is 0 Å². The number of hydrogen-bond donors (Lipinski definition) is 4. The molecule has 0 aliphatic carbocycles. The van der Waals surface area contributed by atoms with E-state index < -0.39 is 23.1 Å². The first-order valence-electron chi connectivity index (χ1n) is 9.89. The third-order valence-electron chi connectivity index (χ3n) is 5.47. The second-order valence-corrected chi connectivity index (χ2v) is 7.34. The number of fused-ring (bicyclic) bond motifs is 3. The maximum absolute atomic E-state index is 12.9. The first-order valence-corrected chi connectivity index (χ1v) is 9.89. The molecule has 1 unspecified atom stereocenters. The molecular formula is C21H19N5O6.